The van der Waals surface area contributed by atoms with Gasteiger partial charge in [-0.1, -0.05) is 6.07 Å². The molecule has 2 aromatic heterocycles. The van der Waals surface area contributed by atoms with Crippen molar-refractivity contribution in [2.75, 3.05) is 21.3 Å². The van der Waals surface area contributed by atoms with Crippen molar-refractivity contribution in [3.63, 3.8) is 0 Å². The summed E-state index contributed by atoms with van der Waals surface area (Å²) in [4.78, 5) is 8.75. The first-order chi connectivity index (χ1) is 14.0. The van der Waals surface area contributed by atoms with Crippen LogP contribution in [-0.4, -0.2) is 39.7 Å². The molecule has 29 heavy (non-hydrogen) atoms. The maximum Gasteiger partial charge on any atom is 0.244 e. The summed E-state index contributed by atoms with van der Waals surface area (Å²) in [5, 5.41) is 0. The van der Waals surface area contributed by atoms with Crippen molar-refractivity contribution in [2.45, 2.75) is 11.4 Å². The van der Waals surface area contributed by atoms with Crippen LogP contribution in [0.4, 0.5) is 0 Å². The summed E-state index contributed by atoms with van der Waals surface area (Å²) in [6.45, 7) is -0.0419. The largest absolute Gasteiger partial charge is 0.497 e. The van der Waals surface area contributed by atoms with Crippen LogP contribution in [0.2, 0.25) is 0 Å². The van der Waals surface area contributed by atoms with Crippen molar-refractivity contribution in [3.05, 3.63) is 60.4 Å². The lowest BCUT2D eigenvalue weighted by molar-refractivity contribution is 0.392. The number of rotatable bonds is 8. The van der Waals surface area contributed by atoms with Crippen LogP contribution in [0.15, 0.2) is 59.6 Å². The van der Waals surface area contributed by atoms with Crippen LogP contribution in [0.1, 0.15) is 5.69 Å². The van der Waals surface area contributed by atoms with E-state index in [1.54, 1.807) is 30.5 Å². The number of hydrogen-bond donors (Lipinski definition) is 1. The van der Waals surface area contributed by atoms with Crippen molar-refractivity contribution in [3.8, 4) is 28.6 Å². The molecule has 152 valence electrons. The standard InChI is InChI=1S/C20H21N3O5S/c1-26-15-7-8-19(28-3)20(12-15)29(24,25)22-13-14-10-16(27-2)11-18(23-14)17-6-4-5-9-21-17/h4-12,22H,13H2,1-3H3. The Labute approximate surface area is 169 Å². The molecular formula is C20H21N3O5S. The monoisotopic (exact) mass is 415 g/mol. The molecule has 0 saturated heterocycles. The van der Waals surface area contributed by atoms with Gasteiger partial charge in [-0.2, -0.15) is 0 Å². The van der Waals surface area contributed by atoms with Crippen LogP contribution in [0, 0.1) is 0 Å². The van der Waals surface area contributed by atoms with Crippen LogP contribution in [0.5, 0.6) is 17.2 Å². The normalized spacial score (nSPS) is 11.1. The van der Waals surface area contributed by atoms with E-state index in [1.165, 1.54) is 33.5 Å². The SMILES string of the molecule is COc1cc(CNS(=O)(=O)c2cc(OC)ccc2OC)nc(-c2ccccn2)c1. The minimum Gasteiger partial charge on any atom is -0.497 e. The van der Waals surface area contributed by atoms with E-state index in [1.807, 2.05) is 12.1 Å². The molecule has 2 heterocycles. The summed E-state index contributed by atoms with van der Waals surface area (Å²) >= 11 is 0. The highest BCUT2D eigenvalue weighted by molar-refractivity contribution is 7.89. The fourth-order valence-electron chi connectivity index (χ4n) is 2.65. The van der Waals surface area contributed by atoms with Gasteiger partial charge in [0.2, 0.25) is 10.0 Å². The highest BCUT2D eigenvalue weighted by Crippen LogP contribution is 2.28. The average Bonchev–Trinajstić information content (AvgIpc) is 2.77. The van der Waals surface area contributed by atoms with Crippen molar-refractivity contribution in [1.29, 1.82) is 0 Å². The third-order valence-corrected chi connectivity index (χ3v) is 5.54. The van der Waals surface area contributed by atoms with Gasteiger partial charge in [-0.25, -0.2) is 18.1 Å². The fourth-order valence-corrected chi connectivity index (χ4v) is 3.84. The summed E-state index contributed by atoms with van der Waals surface area (Å²) < 4.78 is 43.9. The van der Waals surface area contributed by atoms with E-state index in [0.717, 1.165) is 0 Å². The molecule has 3 aromatic rings. The van der Waals surface area contributed by atoms with E-state index in [-0.39, 0.29) is 17.2 Å². The van der Waals surface area contributed by atoms with Crippen LogP contribution >= 0.6 is 0 Å². The zero-order valence-electron chi connectivity index (χ0n) is 16.2. The number of benzene rings is 1. The molecule has 1 N–H and O–H groups in total. The summed E-state index contributed by atoms with van der Waals surface area (Å²) in [6.07, 6.45) is 1.66. The van der Waals surface area contributed by atoms with E-state index in [0.29, 0.717) is 28.6 Å². The third-order valence-electron chi connectivity index (χ3n) is 4.12. The Balaban J connectivity index is 1.89. The topological polar surface area (TPSA) is 99.6 Å². The summed E-state index contributed by atoms with van der Waals surface area (Å²) in [5.41, 5.74) is 1.72. The zero-order valence-corrected chi connectivity index (χ0v) is 17.1. The third kappa shape index (κ3) is 4.82. The van der Waals surface area contributed by atoms with Crippen molar-refractivity contribution < 1.29 is 22.6 Å². The zero-order chi connectivity index (χ0) is 20.9. The second kappa shape index (κ2) is 8.89. The lowest BCUT2D eigenvalue weighted by atomic mass is 10.2. The first-order valence-electron chi connectivity index (χ1n) is 8.65. The molecular weight excluding hydrogens is 394 g/mol. The number of ether oxygens (including phenoxy) is 3. The number of sulfonamides is 1. The van der Waals surface area contributed by atoms with Crippen LogP contribution in [-0.2, 0) is 16.6 Å². The van der Waals surface area contributed by atoms with Crippen LogP contribution in [0.25, 0.3) is 11.4 Å². The van der Waals surface area contributed by atoms with E-state index in [9.17, 15) is 8.42 Å². The Morgan fingerprint density at radius 3 is 2.34 bits per heavy atom. The average molecular weight is 415 g/mol. The highest BCUT2D eigenvalue weighted by atomic mass is 32.2. The molecule has 0 unspecified atom stereocenters. The lowest BCUT2D eigenvalue weighted by Gasteiger charge is -2.13. The smallest absolute Gasteiger partial charge is 0.244 e. The molecule has 0 aliphatic carbocycles. The van der Waals surface area contributed by atoms with Gasteiger partial charge in [0.1, 0.15) is 22.1 Å². The number of nitrogens with zero attached hydrogens (tertiary/aromatic N) is 2. The fraction of sp³-hybridized carbons (Fsp3) is 0.200. The van der Waals surface area contributed by atoms with Crippen molar-refractivity contribution >= 4 is 10.0 Å². The van der Waals surface area contributed by atoms with Gasteiger partial charge >= 0.3 is 0 Å². The molecule has 0 saturated carbocycles. The van der Waals surface area contributed by atoms with Crippen LogP contribution < -0.4 is 18.9 Å². The van der Waals surface area contributed by atoms with E-state index >= 15 is 0 Å². The molecule has 0 atom stereocenters. The first-order valence-corrected chi connectivity index (χ1v) is 10.1. The van der Waals surface area contributed by atoms with Gasteiger partial charge < -0.3 is 14.2 Å². The predicted molar refractivity (Wildman–Crippen MR) is 108 cm³/mol. The number of aromatic nitrogens is 2. The number of pyridine rings is 2. The first kappa shape index (κ1) is 20.6. The number of hydrogen-bond acceptors (Lipinski definition) is 7. The lowest BCUT2D eigenvalue weighted by Crippen LogP contribution is -2.24. The molecule has 8 nitrogen and oxygen atoms in total. The second-order valence-corrected chi connectivity index (χ2v) is 7.68. The molecule has 0 aliphatic heterocycles. The number of methoxy groups -OCH3 is 3. The molecule has 1 aromatic carbocycles. The van der Waals surface area contributed by atoms with Gasteiger partial charge in [0.05, 0.1) is 45.0 Å². The molecule has 0 amide bonds. The van der Waals surface area contributed by atoms with Crippen molar-refractivity contribution in [2.24, 2.45) is 0 Å². The molecule has 3 rings (SSSR count). The molecule has 0 fully saturated rings. The summed E-state index contributed by atoms with van der Waals surface area (Å²) in [6, 6.07) is 13.4. The molecule has 0 radical (unpaired) electrons. The minimum atomic E-state index is -3.88. The van der Waals surface area contributed by atoms with Gasteiger partial charge in [0, 0.05) is 24.4 Å². The highest BCUT2D eigenvalue weighted by Gasteiger charge is 2.21. The maximum atomic E-state index is 12.8. The van der Waals surface area contributed by atoms with Gasteiger partial charge in [0.15, 0.2) is 0 Å². The second-order valence-electron chi connectivity index (χ2n) is 5.94. The summed E-state index contributed by atoms with van der Waals surface area (Å²) in [7, 11) is 0.522. The molecule has 0 spiro atoms. The van der Waals surface area contributed by atoms with E-state index < -0.39 is 10.0 Å². The Morgan fingerprint density at radius 2 is 1.69 bits per heavy atom. The Morgan fingerprint density at radius 1 is 0.897 bits per heavy atom. The Bertz CT molecular complexity index is 1090. The maximum absolute atomic E-state index is 12.8. The number of nitrogens with one attached hydrogen (secondary N) is 1. The van der Waals surface area contributed by atoms with E-state index in [2.05, 4.69) is 14.7 Å². The van der Waals surface area contributed by atoms with Crippen LogP contribution in [0.3, 0.4) is 0 Å². The van der Waals surface area contributed by atoms with Gasteiger partial charge in [-0.15, -0.1) is 0 Å². The minimum absolute atomic E-state index is 0.0211. The molecule has 0 aliphatic rings. The quantitative estimate of drug-likeness (QED) is 0.604. The van der Waals surface area contributed by atoms with Gasteiger partial charge in [-0.3, -0.25) is 4.98 Å². The Kier molecular flexibility index (Phi) is 6.30. The van der Waals surface area contributed by atoms with Crippen molar-refractivity contribution in [1.82, 2.24) is 14.7 Å². The molecule has 0 bridgehead atoms. The van der Waals surface area contributed by atoms with E-state index in [4.69, 9.17) is 14.2 Å². The van der Waals surface area contributed by atoms with Gasteiger partial charge in [0.25, 0.3) is 0 Å². The Hall–Kier alpha value is -3.17. The predicted octanol–water partition coefficient (Wildman–Crippen LogP) is 2.65. The summed E-state index contributed by atoms with van der Waals surface area (Å²) in [5.74, 6) is 1.17. The van der Waals surface area contributed by atoms with Gasteiger partial charge in [-0.05, 0) is 24.3 Å². The molecule has 9 heteroatoms.